The lowest BCUT2D eigenvalue weighted by atomic mass is 10.0. The van der Waals surface area contributed by atoms with Gasteiger partial charge in [-0.1, -0.05) is 0 Å². The summed E-state index contributed by atoms with van der Waals surface area (Å²) in [5.74, 6) is 0.0545. The van der Waals surface area contributed by atoms with Crippen molar-refractivity contribution < 1.29 is 33.3 Å². The lowest BCUT2D eigenvalue weighted by Gasteiger charge is -2.27. The number of rotatable bonds is 10. The van der Waals surface area contributed by atoms with Gasteiger partial charge in [0.05, 0.1) is 44.6 Å². The van der Waals surface area contributed by atoms with Crippen molar-refractivity contribution in [2.75, 3.05) is 37.7 Å². The summed E-state index contributed by atoms with van der Waals surface area (Å²) in [5.41, 5.74) is 3.05. The van der Waals surface area contributed by atoms with Crippen LogP contribution >= 0.6 is 0 Å². The van der Waals surface area contributed by atoms with Crippen LogP contribution in [0.25, 0.3) is 0 Å². The number of amides is 1. The molecule has 202 valence electrons. The highest BCUT2D eigenvalue weighted by atomic mass is 16.5. The zero-order chi connectivity index (χ0) is 27.9. The Bertz CT molecular complexity index is 1380. The molecule has 0 unspecified atom stereocenters. The standard InChI is InChI=1S/C30H30N2O7/c1-5-38-29(34)19-7-11-21(12-8-19)31-25-18-26(24-17-23(36-3)15-16-27(24)37-4)32(28(25)33)22-13-9-20(10-14-22)30(35)39-6-2/h7-18,26,31H,5-6H2,1-4H3/t26-/m1/s1. The summed E-state index contributed by atoms with van der Waals surface area (Å²) in [6.45, 7) is 4.04. The van der Waals surface area contributed by atoms with Gasteiger partial charge in [-0.2, -0.15) is 0 Å². The minimum Gasteiger partial charge on any atom is -0.497 e. The Hall–Kier alpha value is -4.79. The number of hydrogen-bond donors (Lipinski definition) is 1. The molecule has 9 nitrogen and oxygen atoms in total. The zero-order valence-electron chi connectivity index (χ0n) is 22.2. The number of nitrogens with zero attached hydrogens (tertiary/aromatic N) is 1. The van der Waals surface area contributed by atoms with Gasteiger partial charge in [-0.05, 0) is 86.7 Å². The maximum absolute atomic E-state index is 13.8. The third-order valence-electron chi connectivity index (χ3n) is 6.14. The summed E-state index contributed by atoms with van der Waals surface area (Å²) in [4.78, 5) is 39.6. The monoisotopic (exact) mass is 530 g/mol. The second-order valence-electron chi connectivity index (χ2n) is 8.50. The molecule has 4 rings (SSSR count). The van der Waals surface area contributed by atoms with Gasteiger partial charge in [0.1, 0.15) is 17.2 Å². The maximum atomic E-state index is 13.8. The van der Waals surface area contributed by atoms with Crippen LogP contribution in [0.1, 0.15) is 46.2 Å². The van der Waals surface area contributed by atoms with E-state index in [1.54, 1.807) is 99.7 Å². The summed E-state index contributed by atoms with van der Waals surface area (Å²) in [7, 11) is 3.13. The molecule has 1 aliphatic rings. The first-order chi connectivity index (χ1) is 18.9. The summed E-state index contributed by atoms with van der Waals surface area (Å²) in [6.07, 6.45) is 1.80. The Morgan fingerprint density at radius 2 is 1.41 bits per heavy atom. The Morgan fingerprint density at radius 3 is 1.95 bits per heavy atom. The van der Waals surface area contributed by atoms with Crippen LogP contribution in [-0.4, -0.2) is 45.3 Å². The van der Waals surface area contributed by atoms with Crippen molar-refractivity contribution in [1.82, 2.24) is 0 Å². The molecule has 39 heavy (non-hydrogen) atoms. The Balaban J connectivity index is 1.71. The van der Waals surface area contributed by atoms with Gasteiger partial charge in [0, 0.05) is 16.9 Å². The van der Waals surface area contributed by atoms with Crippen LogP contribution in [0, 0.1) is 0 Å². The van der Waals surface area contributed by atoms with Crippen molar-refractivity contribution in [3.8, 4) is 11.5 Å². The van der Waals surface area contributed by atoms with Crippen LogP contribution in [0.15, 0.2) is 78.5 Å². The van der Waals surface area contributed by atoms with E-state index in [4.69, 9.17) is 18.9 Å². The molecular weight excluding hydrogens is 500 g/mol. The van der Waals surface area contributed by atoms with E-state index in [1.807, 2.05) is 6.07 Å². The van der Waals surface area contributed by atoms with Crippen molar-refractivity contribution in [1.29, 1.82) is 0 Å². The predicted octanol–water partition coefficient (Wildman–Crippen LogP) is 5.14. The first-order valence-electron chi connectivity index (χ1n) is 12.5. The molecular formula is C30H30N2O7. The molecule has 0 spiro atoms. The summed E-state index contributed by atoms with van der Waals surface area (Å²) in [6, 6.07) is 18.2. The SMILES string of the molecule is CCOC(=O)c1ccc(NC2=C[C@H](c3cc(OC)ccc3OC)N(c3ccc(C(=O)OCC)cc3)C2=O)cc1. The predicted molar refractivity (Wildman–Crippen MR) is 146 cm³/mol. The Morgan fingerprint density at radius 1 is 0.821 bits per heavy atom. The lowest BCUT2D eigenvalue weighted by molar-refractivity contribution is -0.114. The molecule has 0 bridgehead atoms. The number of nitrogens with one attached hydrogen (secondary N) is 1. The highest BCUT2D eigenvalue weighted by Gasteiger charge is 2.36. The molecule has 1 atom stereocenters. The highest BCUT2D eigenvalue weighted by Crippen LogP contribution is 2.41. The fourth-order valence-corrected chi connectivity index (χ4v) is 4.26. The second-order valence-corrected chi connectivity index (χ2v) is 8.50. The van der Waals surface area contributed by atoms with E-state index in [9.17, 15) is 14.4 Å². The summed E-state index contributed by atoms with van der Waals surface area (Å²) >= 11 is 0. The van der Waals surface area contributed by atoms with E-state index >= 15 is 0 Å². The van der Waals surface area contributed by atoms with Crippen molar-refractivity contribution in [3.63, 3.8) is 0 Å². The van der Waals surface area contributed by atoms with E-state index in [0.717, 1.165) is 0 Å². The number of ether oxygens (including phenoxy) is 4. The quantitative estimate of drug-likeness (QED) is 0.360. The molecule has 0 aliphatic carbocycles. The zero-order valence-corrected chi connectivity index (χ0v) is 22.2. The summed E-state index contributed by atoms with van der Waals surface area (Å²) < 4.78 is 21.2. The first-order valence-corrected chi connectivity index (χ1v) is 12.5. The van der Waals surface area contributed by atoms with Crippen LogP contribution in [-0.2, 0) is 14.3 Å². The number of anilines is 2. The van der Waals surface area contributed by atoms with Crippen LogP contribution in [0.3, 0.4) is 0 Å². The topological polar surface area (TPSA) is 103 Å². The summed E-state index contributed by atoms with van der Waals surface area (Å²) in [5, 5.41) is 3.17. The van der Waals surface area contributed by atoms with Crippen LogP contribution in [0.4, 0.5) is 11.4 Å². The molecule has 0 radical (unpaired) electrons. The normalized spacial score (nSPS) is 14.5. The molecule has 1 heterocycles. The van der Waals surface area contributed by atoms with Crippen molar-refractivity contribution in [3.05, 3.63) is 95.2 Å². The molecule has 0 saturated heterocycles. The fraction of sp³-hybridized carbons (Fsp3) is 0.233. The van der Waals surface area contributed by atoms with Gasteiger partial charge in [0.25, 0.3) is 5.91 Å². The fourth-order valence-electron chi connectivity index (χ4n) is 4.26. The van der Waals surface area contributed by atoms with E-state index in [1.165, 1.54) is 0 Å². The molecule has 0 fully saturated rings. The minimum atomic E-state index is -0.544. The van der Waals surface area contributed by atoms with E-state index in [-0.39, 0.29) is 19.1 Å². The molecule has 1 aliphatic heterocycles. The first kappa shape index (κ1) is 27.3. The highest BCUT2D eigenvalue weighted by molar-refractivity contribution is 6.11. The van der Waals surface area contributed by atoms with Crippen molar-refractivity contribution in [2.45, 2.75) is 19.9 Å². The van der Waals surface area contributed by atoms with Gasteiger partial charge in [0.2, 0.25) is 0 Å². The lowest BCUT2D eigenvalue weighted by Crippen LogP contribution is -2.31. The number of methoxy groups -OCH3 is 2. The largest absolute Gasteiger partial charge is 0.497 e. The number of esters is 2. The number of benzene rings is 3. The Kier molecular flexibility index (Phi) is 8.50. The van der Waals surface area contributed by atoms with Gasteiger partial charge in [-0.15, -0.1) is 0 Å². The van der Waals surface area contributed by atoms with Crippen LogP contribution in [0.2, 0.25) is 0 Å². The third-order valence-corrected chi connectivity index (χ3v) is 6.14. The Labute approximate surface area is 226 Å². The molecule has 3 aromatic carbocycles. The van der Waals surface area contributed by atoms with Gasteiger partial charge in [0.15, 0.2) is 0 Å². The van der Waals surface area contributed by atoms with Gasteiger partial charge < -0.3 is 24.3 Å². The average molecular weight is 531 g/mol. The average Bonchev–Trinajstić information content (AvgIpc) is 3.28. The molecule has 9 heteroatoms. The number of carbonyl (C=O) groups is 3. The molecule has 0 saturated carbocycles. The smallest absolute Gasteiger partial charge is 0.338 e. The maximum Gasteiger partial charge on any atom is 0.338 e. The number of hydrogen-bond acceptors (Lipinski definition) is 8. The van der Waals surface area contributed by atoms with E-state index < -0.39 is 18.0 Å². The van der Waals surface area contributed by atoms with Gasteiger partial charge in [-0.3, -0.25) is 9.69 Å². The molecule has 1 N–H and O–H groups in total. The van der Waals surface area contributed by atoms with Crippen LogP contribution < -0.4 is 19.7 Å². The third kappa shape index (κ3) is 5.87. The van der Waals surface area contributed by atoms with Crippen molar-refractivity contribution >= 4 is 29.2 Å². The van der Waals surface area contributed by atoms with E-state index in [2.05, 4.69) is 5.32 Å². The van der Waals surface area contributed by atoms with E-state index in [0.29, 0.717) is 45.3 Å². The molecule has 0 aromatic heterocycles. The minimum absolute atomic E-state index is 0.266. The molecule has 3 aromatic rings. The second kappa shape index (κ2) is 12.2. The number of carbonyl (C=O) groups excluding carboxylic acids is 3. The van der Waals surface area contributed by atoms with Gasteiger partial charge >= 0.3 is 11.9 Å². The van der Waals surface area contributed by atoms with Gasteiger partial charge in [-0.25, -0.2) is 9.59 Å². The molecule has 1 amide bonds. The van der Waals surface area contributed by atoms with Crippen molar-refractivity contribution in [2.24, 2.45) is 0 Å². The van der Waals surface area contributed by atoms with Crippen LogP contribution in [0.5, 0.6) is 11.5 Å².